The van der Waals surface area contributed by atoms with Gasteiger partial charge in [-0.3, -0.25) is 13.9 Å². The average Bonchev–Trinajstić information content (AvgIpc) is 3.58. The van der Waals surface area contributed by atoms with Gasteiger partial charge in [-0.2, -0.15) is 0 Å². The van der Waals surface area contributed by atoms with Crippen molar-refractivity contribution in [1.82, 2.24) is 10.2 Å². The second-order valence-electron chi connectivity index (χ2n) is 11.3. The van der Waals surface area contributed by atoms with Crippen molar-refractivity contribution in [2.24, 2.45) is 0 Å². The average molecular weight is 734 g/mol. The van der Waals surface area contributed by atoms with Crippen molar-refractivity contribution in [2.75, 3.05) is 10.8 Å². The molecule has 0 radical (unpaired) electrons. The topological polar surface area (TPSA) is 86.8 Å². The molecule has 47 heavy (non-hydrogen) atoms. The van der Waals surface area contributed by atoms with Gasteiger partial charge in [0.2, 0.25) is 11.8 Å². The van der Waals surface area contributed by atoms with Gasteiger partial charge in [-0.15, -0.1) is 0 Å². The van der Waals surface area contributed by atoms with Gasteiger partial charge in [0.15, 0.2) is 0 Å². The molecule has 1 aliphatic carbocycles. The van der Waals surface area contributed by atoms with Crippen LogP contribution in [0.2, 0.25) is 20.1 Å². The number of amides is 2. The Bertz CT molecular complexity index is 1800. The Morgan fingerprint density at radius 3 is 2.00 bits per heavy atom. The first-order chi connectivity index (χ1) is 22.5. The molecule has 0 spiro atoms. The van der Waals surface area contributed by atoms with Crippen molar-refractivity contribution in [1.29, 1.82) is 0 Å². The van der Waals surface area contributed by atoms with Crippen molar-refractivity contribution >= 4 is 73.9 Å². The molecular weight excluding hydrogens is 700 g/mol. The van der Waals surface area contributed by atoms with Gasteiger partial charge >= 0.3 is 0 Å². The number of nitrogens with zero attached hydrogens (tertiary/aromatic N) is 2. The lowest BCUT2D eigenvalue weighted by molar-refractivity contribution is -0.140. The molecule has 4 aromatic rings. The van der Waals surface area contributed by atoms with E-state index in [1.807, 2.05) is 30.3 Å². The van der Waals surface area contributed by atoms with Crippen LogP contribution in [0.4, 0.5) is 5.69 Å². The van der Waals surface area contributed by atoms with Crippen LogP contribution in [0.25, 0.3) is 0 Å². The number of sulfonamides is 1. The van der Waals surface area contributed by atoms with Gasteiger partial charge in [0, 0.05) is 34.6 Å². The van der Waals surface area contributed by atoms with Crippen molar-refractivity contribution in [3.05, 3.63) is 128 Å². The molecule has 0 aliphatic heterocycles. The molecule has 1 aliphatic rings. The maximum Gasteiger partial charge on any atom is 0.264 e. The van der Waals surface area contributed by atoms with Gasteiger partial charge in [0.1, 0.15) is 12.6 Å². The number of rotatable bonds is 12. The van der Waals surface area contributed by atoms with Gasteiger partial charge in [0.05, 0.1) is 20.6 Å². The molecule has 12 heteroatoms. The number of nitrogens with one attached hydrogen (secondary N) is 1. The van der Waals surface area contributed by atoms with Crippen LogP contribution in [-0.2, 0) is 32.6 Å². The third-order valence-electron chi connectivity index (χ3n) is 8.16. The smallest absolute Gasteiger partial charge is 0.264 e. The summed E-state index contributed by atoms with van der Waals surface area (Å²) in [5.41, 5.74) is 1.38. The molecule has 1 fully saturated rings. The molecule has 1 saturated carbocycles. The summed E-state index contributed by atoms with van der Waals surface area (Å²) in [7, 11) is -4.29. The number of halogens is 4. The first-order valence-corrected chi connectivity index (χ1v) is 18.1. The summed E-state index contributed by atoms with van der Waals surface area (Å²) in [6, 6.07) is 25.4. The van der Waals surface area contributed by atoms with Crippen LogP contribution in [0.5, 0.6) is 0 Å². The quantitative estimate of drug-likeness (QED) is 0.159. The number of anilines is 1. The number of carbonyl (C=O) groups is 2. The normalized spacial score (nSPS) is 14.0. The molecule has 0 heterocycles. The molecule has 0 unspecified atom stereocenters. The highest BCUT2D eigenvalue weighted by Crippen LogP contribution is 2.32. The Morgan fingerprint density at radius 2 is 1.38 bits per heavy atom. The van der Waals surface area contributed by atoms with Crippen molar-refractivity contribution in [3.8, 4) is 0 Å². The third kappa shape index (κ3) is 8.61. The standard InChI is InChI=1S/C35H33Cl4N3O4S/c36-29-16-9-17-30(37)28(29)22-41(33(20-24-10-3-1-4-11-24)35(44)40-25-12-7-8-13-25)34(43)23-42(26-18-19-31(38)32(39)21-26)47(45,46)27-14-5-2-6-15-27/h1-6,9-11,14-19,21,25,33H,7-8,12-13,20,22-23H2,(H,40,44)/t33-/m1/s1. The molecule has 7 nitrogen and oxygen atoms in total. The molecule has 2 amide bonds. The van der Waals surface area contributed by atoms with E-state index in [9.17, 15) is 18.0 Å². The zero-order chi connectivity index (χ0) is 33.6. The summed E-state index contributed by atoms with van der Waals surface area (Å²) in [6.07, 6.45) is 3.86. The van der Waals surface area contributed by atoms with Gasteiger partial charge in [-0.05, 0) is 60.9 Å². The monoisotopic (exact) mass is 731 g/mol. The summed E-state index contributed by atoms with van der Waals surface area (Å²) in [5.74, 6) is -0.988. The SMILES string of the molecule is O=C(NC1CCCC1)[C@@H](Cc1ccccc1)N(Cc1c(Cl)cccc1Cl)C(=O)CN(c1ccc(Cl)c(Cl)c1)S(=O)(=O)c1ccccc1. The largest absolute Gasteiger partial charge is 0.352 e. The minimum atomic E-state index is -4.29. The van der Waals surface area contributed by atoms with E-state index in [1.165, 1.54) is 35.2 Å². The lowest BCUT2D eigenvalue weighted by Gasteiger charge is -2.34. The van der Waals surface area contributed by atoms with Crippen molar-refractivity contribution in [3.63, 3.8) is 0 Å². The Kier molecular flexibility index (Phi) is 11.7. The van der Waals surface area contributed by atoms with Gasteiger partial charge < -0.3 is 10.2 Å². The molecule has 0 bridgehead atoms. The fraction of sp³-hybridized carbons (Fsp3) is 0.257. The van der Waals surface area contributed by atoms with Crippen LogP contribution in [0.1, 0.15) is 36.8 Å². The number of benzene rings is 4. The lowest BCUT2D eigenvalue weighted by Crippen LogP contribution is -2.54. The summed E-state index contributed by atoms with van der Waals surface area (Å²) < 4.78 is 29.2. The highest BCUT2D eigenvalue weighted by Gasteiger charge is 2.36. The van der Waals surface area contributed by atoms with Crippen LogP contribution >= 0.6 is 46.4 Å². The first-order valence-electron chi connectivity index (χ1n) is 15.1. The first kappa shape index (κ1) is 35.0. The molecule has 1 N–H and O–H groups in total. The molecule has 0 saturated heterocycles. The van der Waals surface area contributed by atoms with Crippen LogP contribution in [0.15, 0.2) is 102 Å². The Labute approximate surface area is 295 Å². The zero-order valence-electron chi connectivity index (χ0n) is 25.3. The van der Waals surface area contributed by atoms with E-state index in [1.54, 1.807) is 36.4 Å². The fourth-order valence-electron chi connectivity index (χ4n) is 5.66. The van der Waals surface area contributed by atoms with E-state index < -0.39 is 28.5 Å². The number of carbonyl (C=O) groups excluding carboxylic acids is 2. The van der Waals surface area contributed by atoms with Crippen LogP contribution < -0.4 is 9.62 Å². The van der Waals surface area contributed by atoms with Crippen LogP contribution in [0, 0.1) is 0 Å². The predicted octanol–water partition coefficient (Wildman–Crippen LogP) is 8.19. The molecule has 246 valence electrons. The van der Waals surface area contributed by atoms with Crippen LogP contribution in [0.3, 0.4) is 0 Å². The Hall–Kier alpha value is -3.27. The minimum absolute atomic E-state index is 0.0206. The third-order valence-corrected chi connectivity index (χ3v) is 11.4. The summed E-state index contributed by atoms with van der Waals surface area (Å²) in [4.78, 5) is 30.1. The maximum atomic E-state index is 14.7. The maximum absolute atomic E-state index is 14.7. The van der Waals surface area contributed by atoms with E-state index in [4.69, 9.17) is 46.4 Å². The molecule has 1 atom stereocenters. The Balaban J connectivity index is 1.60. The summed E-state index contributed by atoms with van der Waals surface area (Å²) >= 11 is 25.7. The van der Waals surface area contributed by atoms with Crippen LogP contribution in [-0.4, -0.2) is 43.8 Å². The van der Waals surface area contributed by atoms with Crippen molar-refractivity contribution in [2.45, 2.75) is 55.6 Å². The fourth-order valence-corrected chi connectivity index (χ4v) is 7.90. The minimum Gasteiger partial charge on any atom is -0.352 e. The van der Waals surface area contributed by atoms with E-state index in [0.717, 1.165) is 35.6 Å². The summed E-state index contributed by atoms with van der Waals surface area (Å²) in [6.45, 7) is -0.799. The van der Waals surface area contributed by atoms with E-state index in [-0.39, 0.29) is 45.5 Å². The highest BCUT2D eigenvalue weighted by molar-refractivity contribution is 7.92. The van der Waals surface area contributed by atoms with Crippen molar-refractivity contribution < 1.29 is 18.0 Å². The second kappa shape index (κ2) is 15.8. The van der Waals surface area contributed by atoms with Gasteiger partial charge in [-0.25, -0.2) is 8.42 Å². The number of hydrogen-bond donors (Lipinski definition) is 1. The highest BCUT2D eigenvalue weighted by atomic mass is 35.5. The molecule has 5 rings (SSSR count). The number of hydrogen-bond acceptors (Lipinski definition) is 4. The van der Waals surface area contributed by atoms with E-state index in [0.29, 0.717) is 15.6 Å². The molecular formula is C35H33Cl4N3O4S. The van der Waals surface area contributed by atoms with E-state index in [2.05, 4.69) is 5.32 Å². The predicted molar refractivity (Wildman–Crippen MR) is 189 cm³/mol. The molecule has 0 aromatic heterocycles. The zero-order valence-corrected chi connectivity index (χ0v) is 29.1. The van der Waals surface area contributed by atoms with E-state index >= 15 is 0 Å². The Morgan fingerprint density at radius 1 is 0.766 bits per heavy atom. The van der Waals surface area contributed by atoms with Gasteiger partial charge in [0.25, 0.3) is 10.0 Å². The van der Waals surface area contributed by atoms with Gasteiger partial charge in [-0.1, -0.05) is 114 Å². The summed E-state index contributed by atoms with van der Waals surface area (Å²) in [5, 5.41) is 4.09. The second-order valence-corrected chi connectivity index (χ2v) is 14.8. The lowest BCUT2D eigenvalue weighted by atomic mass is 10.0. The molecule has 4 aromatic carbocycles.